The molecule has 0 bridgehead atoms. The molecule has 0 saturated carbocycles. The average molecular weight is 677 g/mol. The number of likely N-dealkylation sites (N-methyl/N-ethyl adjacent to an activating group) is 1. The number of halogens is 1. The van der Waals surface area contributed by atoms with Crippen molar-refractivity contribution >= 4 is 38.6 Å². The Hall–Kier alpha value is -2.31. The molecule has 3 aromatic carbocycles. The Kier molecular flexibility index (Phi) is 9.72. The quantitative estimate of drug-likeness (QED) is 0.240. The molecular formula is C31H37IN2O5S. The highest BCUT2D eigenvalue weighted by molar-refractivity contribution is 14.1. The van der Waals surface area contributed by atoms with E-state index >= 15 is 0 Å². The van der Waals surface area contributed by atoms with Gasteiger partial charge >= 0.3 is 5.97 Å². The van der Waals surface area contributed by atoms with Crippen molar-refractivity contribution in [2.24, 2.45) is 5.92 Å². The number of rotatable bonds is 12. The second kappa shape index (κ2) is 12.7. The SMILES string of the molecule is CN(C[C@H](O)CNC(C)(C)CC1Cc2ccccc2C1)S(=O)(=O)c1ccc(-c2ccc(CC(=O)O)cc2)c(I)c1. The molecule has 0 saturated heterocycles. The molecular weight excluding hydrogens is 639 g/mol. The van der Waals surface area contributed by atoms with Gasteiger partial charge in [0, 0.05) is 29.2 Å². The lowest BCUT2D eigenvalue weighted by atomic mass is 9.88. The molecule has 0 amide bonds. The monoisotopic (exact) mass is 676 g/mol. The van der Waals surface area contributed by atoms with Gasteiger partial charge in [0.05, 0.1) is 17.4 Å². The van der Waals surface area contributed by atoms with Crippen LogP contribution < -0.4 is 5.32 Å². The fourth-order valence-electron chi connectivity index (χ4n) is 5.49. The Morgan fingerprint density at radius 2 is 1.70 bits per heavy atom. The lowest BCUT2D eigenvalue weighted by molar-refractivity contribution is -0.136. The number of hydrogen-bond acceptors (Lipinski definition) is 5. The lowest BCUT2D eigenvalue weighted by Gasteiger charge is -2.31. The van der Waals surface area contributed by atoms with E-state index in [1.807, 2.05) is 12.1 Å². The molecule has 0 fully saturated rings. The molecule has 9 heteroatoms. The number of carbonyl (C=O) groups is 1. The van der Waals surface area contributed by atoms with Gasteiger partial charge in [-0.2, -0.15) is 4.31 Å². The summed E-state index contributed by atoms with van der Waals surface area (Å²) in [5.74, 6) is -0.339. The summed E-state index contributed by atoms with van der Waals surface area (Å²) in [5.41, 5.74) is 5.09. The first-order valence-corrected chi connectivity index (χ1v) is 15.9. The van der Waals surface area contributed by atoms with Crippen LogP contribution in [0, 0.1) is 9.49 Å². The average Bonchev–Trinajstić information content (AvgIpc) is 3.29. The predicted molar refractivity (Wildman–Crippen MR) is 166 cm³/mol. The molecule has 40 heavy (non-hydrogen) atoms. The first kappa shape index (κ1) is 30.6. The zero-order valence-electron chi connectivity index (χ0n) is 23.1. The summed E-state index contributed by atoms with van der Waals surface area (Å²) in [6.45, 7) is 4.53. The molecule has 4 rings (SSSR count). The smallest absolute Gasteiger partial charge is 0.307 e. The van der Waals surface area contributed by atoms with E-state index in [2.05, 4.69) is 66.0 Å². The van der Waals surface area contributed by atoms with Gasteiger partial charge in [0.25, 0.3) is 0 Å². The number of sulfonamides is 1. The molecule has 1 aliphatic carbocycles. The van der Waals surface area contributed by atoms with E-state index in [1.165, 1.54) is 22.5 Å². The minimum Gasteiger partial charge on any atom is -0.481 e. The molecule has 0 spiro atoms. The maximum atomic E-state index is 13.3. The van der Waals surface area contributed by atoms with Crippen molar-refractivity contribution in [2.75, 3.05) is 20.1 Å². The highest BCUT2D eigenvalue weighted by Gasteiger charge is 2.29. The second-order valence-electron chi connectivity index (χ2n) is 11.4. The van der Waals surface area contributed by atoms with Crippen molar-refractivity contribution in [2.45, 2.75) is 56.1 Å². The maximum Gasteiger partial charge on any atom is 0.307 e. The third kappa shape index (κ3) is 7.70. The summed E-state index contributed by atoms with van der Waals surface area (Å²) in [7, 11) is -2.32. The summed E-state index contributed by atoms with van der Waals surface area (Å²) in [5, 5.41) is 23.1. The van der Waals surface area contributed by atoms with Crippen LogP contribution in [0.2, 0.25) is 0 Å². The fourth-order valence-corrected chi connectivity index (χ4v) is 7.76. The van der Waals surface area contributed by atoms with Gasteiger partial charge in [-0.25, -0.2) is 8.42 Å². The van der Waals surface area contributed by atoms with Gasteiger partial charge in [0.2, 0.25) is 10.0 Å². The van der Waals surface area contributed by atoms with Crippen molar-refractivity contribution in [3.05, 3.63) is 87.0 Å². The second-order valence-corrected chi connectivity index (χ2v) is 14.6. The van der Waals surface area contributed by atoms with E-state index in [4.69, 9.17) is 5.11 Å². The first-order chi connectivity index (χ1) is 18.8. The highest BCUT2D eigenvalue weighted by atomic mass is 127. The molecule has 3 N–H and O–H groups in total. The number of β-amino-alcohol motifs (C(OH)–C–C–N with tert-alkyl or cyclic N) is 1. The van der Waals surface area contributed by atoms with E-state index in [0.29, 0.717) is 18.0 Å². The zero-order chi connectivity index (χ0) is 29.1. The normalized spacial score (nSPS) is 14.8. The minimum atomic E-state index is -3.80. The zero-order valence-corrected chi connectivity index (χ0v) is 26.1. The fraction of sp³-hybridized carbons (Fsp3) is 0.387. The van der Waals surface area contributed by atoms with Gasteiger partial charge < -0.3 is 15.5 Å². The molecule has 7 nitrogen and oxygen atoms in total. The predicted octanol–water partition coefficient (Wildman–Crippen LogP) is 4.74. The van der Waals surface area contributed by atoms with Crippen LogP contribution in [-0.2, 0) is 34.1 Å². The molecule has 0 unspecified atom stereocenters. The number of aliphatic carboxylic acids is 1. The van der Waals surface area contributed by atoms with Crippen LogP contribution >= 0.6 is 22.6 Å². The van der Waals surface area contributed by atoms with Crippen LogP contribution in [0.1, 0.15) is 37.0 Å². The van der Waals surface area contributed by atoms with Gasteiger partial charge in [0.1, 0.15) is 0 Å². The van der Waals surface area contributed by atoms with Crippen LogP contribution in [0.15, 0.2) is 71.6 Å². The molecule has 214 valence electrons. The van der Waals surface area contributed by atoms with Gasteiger partial charge in [-0.1, -0.05) is 54.6 Å². The summed E-state index contributed by atoms with van der Waals surface area (Å²) in [6, 6.07) is 20.7. The summed E-state index contributed by atoms with van der Waals surface area (Å²) in [4.78, 5) is 11.1. The van der Waals surface area contributed by atoms with E-state index in [-0.39, 0.29) is 23.4 Å². The maximum absolute atomic E-state index is 13.3. The van der Waals surface area contributed by atoms with Gasteiger partial charge in [-0.15, -0.1) is 0 Å². The molecule has 0 heterocycles. The number of carboxylic acid groups (broad SMARTS) is 1. The Labute approximate surface area is 250 Å². The Morgan fingerprint density at radius 3 is 2.27 bits per heavy atom. The van der Waals surface area contributed by atoms with Gasteiger partial charge in [-0.05, 0) is 102 Å². The van der Waals surface area contributed by atoms with Crippen molar-refractivity contribution in [1.29, 1.82) is 0 Å². The first-order valence-electron chi connectivity index (χ1n) is 13.4. The minimum absolute atomic E-state index is 0.0242. The van der Waals surface area contributed by atoms with E-state index < -0.39 is 22.1 Å². The number of benzene rings is 3. The molecule has 0 radical (unpaired) electrons. The number of aliphatic hydroxyl groups is 1. The van der Waals surface area contributed by atoms with Crippen LogP contribution in [0.4, 0.5) is 0 Å². The number of aliphatic hydroxyl groups excluding tert-OH is 1. The van der Waals surface area contributed by atoms with Crippen molar-refractivity contribution < 1.29 is 23.4 Å². The van der Waals surface area contributed by atoms with Crippen molar-refractivity contribution in [1.82, 2.24) is 9.62 Å². The van der Waals surface area contributed by atoms with Crippen molar-refractivity contribution in [3.63, 3.8) is 0 Å². The Balaban J connectivity index is 1.33. The number of fused-ring (bicyclic) bond motifs is 1. The molecule has 1 atom stereocenters. The van der Waals surface area contributed by atoms with E-state index in [1.54, 1.807) is 30.3 Å². The van der Waals surface area contributed by atoms with Crippen LogP contribution in [0.5, 0.6) is 0 Å². The third-order valence-corrected chi connectivity index (χ3v) is 10.2. The highest BCUT2D eigenvalue weighted by Crippen LogP contribution is 2.32. The molecule has 1 aliphatic rings. The molecule has 0 aliphatic heterocycles. The molecule has 3 aromatic rings. The third-order valence-electron chi connectivity index (χ3n) is 7.49. The van der Waals surface area contributed by atoms with Crippen LogP contribution in [-0.4, -0.2) is 60.7 Å². The van der Waals surface area contributed by atoms with Gasteiger partial charge in [-0.3, -0.25) is 4.79 Å². The van der Waals surface area contributed by atoms with Crippen LogP contribution in [0.3, 0.4) is 0 Å². The van der Waals surface area contributed by atoms with Crippen molar-refractivity contribution in [3.8, 4) is 11.1 Å². The largest absolute Gasteiger partial charge is 0.481 e. The standard InChI is InChI=1S/C31H37IN2O5S/c1-31(2,18-22-14-24-6-4-5-7-25(24)15-22)33-19-26(35)20-34(3)40(38,39)27-12-13-28(29(32)17-27)23-10-8-21(9-11-23)16-30(36)37/h4-13,17,22,26,33,35H,14-16,18-20H2,1-3H3,(H,36,37)/t26-/m1/s1. The number of nitrogens with one attached hydrogen (secondary N) is 1. The lowest BCUT2D eigenvalue weighted by Crippen LogP contribution is -2.47. The summed E-state index contributed by atoms with van der Waals surface area (Å²) < 4.78 is 28.5. The Bertz CT molecular complexity index is 1430. The van der Waals surface area contributed by atoms with Crippen LogP contribution in [0.25, 0.3) is 11.1 Å². The number of carboxylic acids is 1. The van der Waals surface area contributed by atoms with E-state index in [9.17, 15) is 18.3 Å². The summed E-state index contributed by atoms with van der Waals surface area (Å²) in [6.07, 6.45) is 2.20. The summed E-state index contributed by atoms with van der Waals surface area (Å²) >= 11 is 2.11. The topological polar surface area (TPSA) is 107 Å². The number of nitrogens with zero attached hydrogens (tertiary/aromatic N) is 1. The Morgan fingerprint density at radius 1 is 1.07 bits per heavy atom. The number of hydrogen-bond donors (Lipinski definition) is 3. The van der Waals surface area contributed by atoms with Gasteiger partial charge in [0.15, 0.2) is 0 Å². The van der Waals surface area contributed by atoms with E-state index in [0.717, 1.165) is 34.0 Å². The molecule has 0 aromatic heterocycles.